The molecule has 1 unspecified atom stereocenters. The van der Waals surface area contributed by atoms with Gasteiger partial charge in [-0.2, -0.15) is 0 Å². The van der Waals surface area contributed by atoms with Crippen molar-refractivity contribution in [3.05, 3.63) is 22.4 Å². The third-order valence-electron chi connectivity index (χ3n) is 3.67. The summed E-state index contributed by atoms with van der Waals surface area (Å²) in [5.41, 5.74) is 0.782. The Balaban J connectivity index is 2.24. The normalized spacial score (nSPS) is 19.4. The Hall–Kier alpha value is -0.810. The number of nitrogens with one attached hydrogen (secondary N) is 1. The van der Waals surface area contributed by atoms with Gasteiger partial charge in [0.2, 0.25) is 0 Å². The van der Waals surface area contributed by atoms with E-state index in [9.17, 15) is 4.79 Å². The summed E-state index contributed by atoms with van der Waals surface area (Å²) in [5, 5.41) is 3.18. The summed E-state index contributed by atoms with van der Waals surface area (Å²) in [7, 11) is 1.94. The van der Waals surface area contributed by atoms with Crippen LogP contribution in [0.1, 0.15) is 43.2 Å². The van der Waals surface area contributed by atoms with Gasteiger partial charge >= 0.3 is 0 Å². The molecule has 1 saturated heterocycles. The SMILES string of the molecule is CNCC1CCCN1C(=O)c1cc(Br)cn1C(C)C. The molecule has 1 atom stereocenters. The number of carbonyl (C=O) groups excluding carboxylic acids is 1. The van der Waals surface area contributed by atoms with Crippen LogP contribution in [0.2, 0.25) is 0 Å². The molecule has 19 heavy (non-hydrogen) atoms. The van der Waals surface area contributed by atoms with E-state index in [1.165, 1.54) is 0 Å². The highest BCUT2D eigenvalue weighted by Gasteiger charge is 2.30. The third kappa shape index (κ3) is 3.03. The van der Waals surface area contributed by atoms with E-state index in [1.54, 1.807) is 0 Å². The lowest BCUT2D eigenvalue weighted by molar-refractivity contribution is 0.0724. The van der Waals surface area contributed by atoms with Crippen LogP contribution >= 0.6 is 15.9 Å². The first kappa shape index (κ1) is 14.6. The van der Waals surface area contributed by atoms with E-state index in [0.29, 0.717) is 6.04 Å². The summed E-state index contributed by atoms with van der Waals surface area (Å²) in [4.78, 5) is 14.7. The van der Waals surface area contributed by atoms with Gasteiger partial charge in [0.1, 0.15) is 5.69 Å². The molecule has 0 aromatic carbocycles. The van der Waals surface area contributed by atoms with Crippen molar-refractivity contribution in [2.45, 2.75) is 38.8 Å². The molecule has 1 aliphatic rings. The zero-order chi connectivity index (χ0) is 14.0. The third-order valence-corrected chi connectivity index (χ3v) is 4.10. The first-order valence-electron chi connectivity index (χ1n) is 6.87. The van der Waals surface area contributed by atoms with Gasteiger partial charge in [-0.25, -0.2) is 0 Å². The number of aromatic nitrogens is 1. The average molecular weight is 328 g/mol. The van der Waals surface area contributed by atoms with Crippen molar-refractivity contribution in [1.82, 2.24) is 14.8 Å². The first-order chi connectivity index (χ1) is 9.04. The molecule has 2 heterocycles. The molecule has 1 aromatic rings. The Kier molecular flexibility index (Phi) is 4.68. The number of nitrogens with zero attached hydrogens (tertiary/aromatic N) is 2. The minimum absolute atomic E-state index is 0.150. The molecule has 5 heteroatoms. The lowest BCUT2D eigenvalue weighted by Gasteiger charge is -2.25. The van der Waals surface area contributed by atoms with Gasteiger partial charge in [0, 0.05) is 35.8 Å². The minimum Gasteiger partial charge on any atom is -0.340 e. The lowest BCUT2D eigenvalue weighted by atomic mass is 10.2. The van der Waals surface area contributed by atoms with Crippen LogP contribution in [0.15, 0.2) is 16.7 Å². The van der Waals surface area contributed by atoms with E-state index in [1.807, 2.05) is 28.8 Å². The zero-order valence-electron chi connectivity index (χ0n) is 11.8. The molecule has 2 rings (SSSR count). The second-order valence-electron chi connectivity index (χ2n) is 5.40. The maximum absolute atomic E-state index is 12.7. The molecule has 1 aromatic heterocycles. The van der Waals surface area contributed by atoms with E-state index < -0.39 is 0 Å². The molecule has 0 bridgehead atoms. The number of hydrogen-bond acceptors (Lipinski definition) is 2. The second kappa shape index (κ2) is 6.09. The number of hydrogen-bond donors (Lipinski definition) is 1. The molecule has 0 spiro atoms. The number of likely N-dealkylation sites (N-methyl/N-ethyl adjacent to an activating group) is 1. The lowest BCUT2D eigenvalue weighted by Crippen LogP contribution is -2.41. The molecule has 0 radical (unpaired) electrons. The molecular weight excluding hydrogens is 306 g/mol. The van der Waals surface area contributed by atoms with Gasteiger partial charge in [-0.15, -0.1) is 0 Å². The Bertz CT molecular complexity index is 456. The van der Waals surface area contributed by atoms with Crippen LogP contribution in [0.5, 0.6) is 0 Å². The van der Waals surface area contributed by atoms with Crippen molar-refractivity contribution in [1.29, 1.82) is 0 Å². The van der Waals surface area contributed by atoms with Crippen LogP contribution in [-0.2, 0) is 0 Å². The highest BCUT2D eigenvalue weighted by atomic mass is 79.9. The van der Waals surface area contributed by atoms with Crippen molar-refractivity contribution < 1.29 is 4.79 Å². The second-order valence-corrected chi connectivity index (χ2v) is 6.31. The topological polar surface area (TPSA) is 37.3 Å². The van der Waals surface area contributed by atoms with Crippen LogP contribution in [-0.4, -0.2) is 41.6 Å². The average Bonchev–Trinajstić information content (AvgIpc) is 2.95. The maximum Gasteiger partial charge on any atom is 0.270 e. The van der Waals surface area contributed by atoms with Crippen LogP contribution in [0, 0.1) is 0 Å². The fraction of sp³-hybridized carbons (Fsp3) is 0.643. The van der Waals surface area contributed by atoms with Crippen LogP contribution in [0.3, 0.4) is 0 Å². The Morgan fingerprint density at radius 3 is 2.95 bits per heavy atom. The predicted octanol–water partition coefficient (Wildman–Crippen LogP) is 2.66. The highest BCUT2D eigenvalue weighted by molar-refractivity contribution is 9.10. The Morgan fingerprint density at radius 2 is 2.32 bits per heavy atom. The number of carbonyl (C=O) groups is 1. The molecule has 4 nitrogen and oxygen atoms in total. The van der Waals surface area contributed by atoms with E-state index >= 15 is 0 Å². The summed E-state index contributed by atoms with van der Waals surface area (Å²) in [6.07, 6.45) is 4.18. The maximum atomic E-state index is 12.7. The smallest absolute Gasteiger partial charge is 0.270 e. The number of rotatable bonds is 4. The van der Waals surface area contributed by atoms with Gasteiger partial charge in [-0.3, -0.25) is 4.79 Å². The van der Waals surface area contributed by atoms with E-state index in [2.05, 4.69) is 35.1 Å². The Labute approximate surface area is 123 Å². The van der Waals surface area contributed by atoms with Gasteiger partial charge in [0.15, 0.2) is 0 Å². The highest BCUT2D eigenvalue weighted by Crippen LogP contribution is 2.24. The molecular formula is C14H22BrN3O. The summed E-state index contributed by atoms with van der Waals surface area (Å²) in [6.45, 7) is 5.93. The van der Waals surface area contributed by atoms with Crippen LogP contribution in [0.25, 0.3) is 0 Å². The van der Waals surface area contributed by atoms with Crippen molar-refractivity contribution >= 4 is 21.8 Å². The summed E-state index contributed by atoms with van der Waals surface area (Å²) in [5.74, 6) is 0.150. The van der Waals surface area contributed by atoms with Crippen molar-refractivity contribution in [2.24, 2.45) is 0 Å². The summed E-state index contributed by atoms with van der Waals surface area (Å²) >= 11 is 3.47. The van der Waals surface area contributed by atoms with Crippen LogP contribution in [0.4, 0.5) is 0 Å². The molecule has 1 N–H and O–H groups in total. The monoisotopic (exact) mass is 327 g/mol. The van der Waals surface area contributed by atoms with E-state index in [0.717, 1.165) is 36.1 Å². The van der Waals surface area contributed by atoms with Crippen molar-refractivity contribution in [2.75, 3.05) is 20.1 Å². The van der Waals surface area contributed by atoms with Crippen molar-refractivity contribution in [3.63, 3.8) is 0 Å². The van der Waals surface area contributed by atoms with Gasteiger partial charge in [-0.1, -0.05) is 0 Å². The standard InChI is InChI=1S/C14H22BrN3O/c1-10(2)18-9-11(15)7-13(18)14(19)17-6-4-5-12(17)8-16-3/h7,9-10,12,16H,4-6,8H2,1-3H3. The van der Waals surface area contributed by atoms with Gasteiger partial charge in [0.25, 0.3) is 5.91 Å². The molecule has 1 fully saturated rings. The van der Waals surface area contributed by atoms with Gasteiger partial charge < -0.3 is 14.8 Å². The number of amides is 1. The van der Waals surface area contributed by atoms with Crippen molar-refractivity contribution in [3.8, 4) is 0 Å². The summed E-state index contributed by atoms with van der Waals surface area (Å²) < 4.78 is 3.01. The zero-order valence-corrected chi connectivity index (χ0v) is 13.4. The number of likely N-dealkylation sites (tertiary alicyclic amines) is 1. The minimum atomic E-state index is 0.150. The number of halogens is 1. The largest absolute Gasteiger partial charge is 0.340 e. The van der Waals surface area contributed by atoms with E-state index in [-0.39, 0.29) is 11.9 Å². The predicted molar refractivity (Wildman–Crippen MR) is 80.5 cm³/mol. The van der Waals surface area contributed by atoms with E-state index in [4.69, 9.17) is 0 Å². The fourth-order valence-corrected chi connectivity index (χ4v) is 3.18. The fourth-order valence-electron chi connectivity index (χ4n) is 2.74. The quantitative estimate of drug-likeness (QED) is 0.923. The van der Waals surface area contributed by atoms with Gasteiger partial charge in [0.05, 0.1) is 0 Å². The Morgan fingerprint density at radius 1 is 1.58 bits per heavy atom. The van der Waals surface area contributed by atoms with Crippen LogP contribution < -0.4 is 5.32 Å². The molecule has 1 amide bonds. The first-order valence-corrected chi connectivity index (χ1v) is 7.66. The molecule has 0 aliphatic carbocycles. The summed E-state index contributed by atoms with van der Waals surface area (Å²) in [6, 6.07) is 2.54. The molecule has 106 valence electrons. The molecule has 1 aliphatic heterocycles. The van der Waals surface area contributed by atoms with Gasteiger partial charge in [-0.05, 0) is 55.7 Å². The molecule has 0 saturated carbocycles.